The van der Waals surface area contributed by atoms with Gasteiger partial charge in [0.05, 0.1) is 0 Å². The van der Waals surface area contributed by atoms with Gasteiger partial charge in [-0.2, -0.15) is 0 Å². The second kappa shape index (κ2) is 9.39. The average Bonchev–Trinajstić information content (AvgIpc) is 2.52. The molecule has 0 aromatic heterocycles. The molecule has 0 amide bonds. The van der Waals surface area contributed by atoms with Crippen molar-refractivity contribution in [3.8, 4) is 0 Å². The fraction of sp³-hybridized carbons (Fsp3) is 0.316. The number of carbonyl (C=O) groups excluding carboxylic acids is 1. The number of hydrogen-bond acceptors (Lipinski definition) is 2. The minimum absolute atomic E-state index is 0. The van der Waals surface area contributed by atoms with E-state index in [0.717, 1.165) is 18.5 Å². The van der Waals surface area contributed by atoms with Crippen LogP contribution in [0.2, 0.25) is 0 Å². The molecule has 0 aliphatic rings. The minimum Gasteiger partial charge on any atom is -0.309 e. The Morgan fingerprint density at radius 2 is 1.50 bits per heavy atom. The molecule has 2 aromatic carbocycles. The first-order chi connectivity index (χ1) is 10.2. The molecule has 0 heterocycles. The summed E-state index contributed by atoms with van der Waals surface area (Å²) in [5, 5.41) is 0. The SMILES string of the molecule is CN(C)CCC(=O)C(Cc1ccccc1)c1ccccc1.Cl. The number of halogens is 1. The molecule has 2 rings (SSSR count). The summed E-state index contributed by atoms with van der Waals surface area (Å²) < 4.78 is 0. The van der Waals surface area contributed by atoms with Crippen molar-refractivity contribution < 1.29 is 4.79 Å². The highest BCUT2D eigenvalue weighted by Gasteiger charge is 2.20. The molecule has 0 radical (unpaired) electrons. The molecule has 22 heavy (non-hydrogen) atoms. The molecule has 2 nitrogen and oxygen atoms in total. The van der Waals surface area contributed by atoms with Gasteiger partial charge in [-0.25, -0.2) is 0 Å². The van der Waals surface area contributed by atoms with E-state index in [-0.39, 0.29) is 18.3 Å². The third-order valence-electron chi connectivity index (χ3n) is 3.68. The van der Waals surface area contributed by atoms with Gasteiger partial charge in [-0.05, 0) is 31.6 Å². The molecule has 2 aromatic rings. The highest BCUT2D eigenvalue weighted by atomic mass is 35.5. The second-order valence-corrected chi connectivity index (χ2v) is 5.67. The lowest BCUT2D eigenvalue weighted by Crippen LogP contribution is -2.22. The molecule has 3 heteroatoms. The molecule has 1 unspecified atom stereocenters. The van der Waals surface area contributed by atoms with E-state index in [1.165, 1.54) is 5.56 Å². The van der Waals surface area contributed by atoms with Crippen molar-refractivity contribution in [2.45, 2.75) is 18.8 Å². The Bertz CT molecular complexity index is 554. The molecule has 0 fully saturated rings. The second-order valence-electron chi connectivity index (χ2n) is 5.67. The predicted octanol–water partition coefficient (Wildman–Crippen LogP) is 3.96. The summed E-state index contributed by atoms with van der Waals surface area (Å²) in [4.78, 5) is 14.7. The number of benzene rings is 2. The van der Waals surface area contributed by atoms with Gasteiger partial charge < -0.3 is 4.90 Å². The summed E-state index contributed by atoms with van der Waals surface area (Å²) in [6.07, 6.45) is 1.37. The summed E-state index contributed by atoms with van der Waals surface area (Å²) >= 11 is 0. The lowest BCUT2D eigenvalue weighted by molar-refractivity contribution is -0.120. The quantitative estimate of drug-likeness (QED) is 0.770. The Morgan fingerprint density at radius 3 is 2.05 bits per heavy atom. The van der Waals surface area contributed by atoms with Crippen LogP contribution in [0.1, 0.15) is 23.5 Å². The van der Waals surface area contributed by atoms with Gasteiger partial charge in [0.25, 0.3) is 0 Å². The van der Waals surface area contributed by atoms with Crippen LogP contribution < -0.4 is 0 Å². The molecule has 0 aliphatic carbocycles. The zero-order chi connectivity index (χ0) is 15.1. The molecule has 1 atom stereocenters. The van der Waals surface area contributed by atoms with E-state index in [0.29, 0.717) is 12.2 Å². The fourth-order valence-electron chi connectivity index (χ4n) is 2.46. The van der Waals surface area contributed by atoms with E-state index in [4.69, 9.17) is 0 Å². The van der Waals surface area contributed by atoms with E-state index in [9.17, 15) is 4.79 Å². The summed E-state index contributed by atoms with van der Waals surface area (Å²) in [7, 11) is 4.00. The Balaban J connectivity index is 0.00000242. The molecule has 0 N–H and O–H groups in total. The van der Waals surface area contributed by atoms with Crippen LogP contribution in [-0.2, 0) is 11.2 Å². The summed E-state index contributed by atoms with van der Waals surface area (Å²) in [5.41, 5.74) is 2.33. The largest absolute Gasteiger partial charge is 0.309 e. The maximum absolute atomic E-state index is 12.6. The van der Waals surface area contributed by atoms with Gasteiger partial charge >= 0.3 is 0 Å². The zero-order valence-electron chi connectivity index (χ0n) is 13.2. The number of Topliss-reactive ketones (excluding diaryl/α,β-unsaturated/α-hetero) is 1. The van der Waals surface area contributed by atoms with E-state index in [2.05, 4.69) is 29.2 Å². The zero-order valence-corrected chi connectivity index (χ0v) is 14.1. The monoisotopic (exact) mass is 317 g/mol. The van der Waals surface area contributed by atoms with Crippen molar-refractivity contribution in [3.05, 3.63) is 71.8 Å². The molecule has 0 saturated carbocycles. The molecular formula is C19H24ClNO. The van der Waals surface area contributed by atoms with E-state index >= 15 is 0 Å². The number of carbonyl (C=O) groups is 1. The van der Waals surface area contributed by atoms with Crippen molar-refractivity contribution in [3.63, 3.8) is 0 Å². The standard InChI is InChI=1S/C19H23NO.ClH/c1-20(2)14-13-19(21)18(17-11-7-4-8-12-17)15-16-9-5-3-6-10-16;/h3-12,18H,13-15H2,1-2H3;1H. The van der Waals surface area contributed by atoms with Crippen LogP contribution >= 0.6 is 12.4 Å². The molecule has 0 bridgehead atoms. The van der Waals surface area contributed by atoms with Crippen molar-refractivity contribution in [1.29, 1.82) is 0 Å². The first-order valence-electron chi connectivity index (χ1n) is 7.43. The molecule has 0 spiro atoms. The first-order valence-corrected chi connectivity index (χ1v) is 7.43. The number of hydrogen-bond donors (Lipinski definition) is 0. The van der Waals surface area contributed by atoms with Crippen molar-refractivity contribution in [2.75, 3.05) is 20.6 Å². The van der Waals surface area contributed by atoms with Gasteiger partial charge in [0.15, 0.2) is 0 Å². The molecule has 118 valence electrons. The van der Waals surface area contributed by atoms with Crippen LogP contribution in [0.15, 0.2) is 60.7 Å². The lowest BCUT2D eigenvalue weighted by Gasteiger charge is -2.18. The summed E-state index contributed by atoms with van der Waals surface area (Å²) in [6.45, 7) is 0.803. The Kier molecular flexibility index (Phi) is 7.86. The molecular weight excluding hydrogens is 294 g/mol. The van der Waals surface area contributed by atoms with Crippen molar-refractivity contribution in [2.24, 2.45) is 0 Å². The normalized spacial score (nSPS) is 11.8. The highest BCUT2D eigenvalue weighted by molar-refractivity contribution is 5.86. The van der Waals surface area contributed by atoms with Crippen molar-refractivity contribution >= 4 is 18.2 Å². The van der Waals surface area contributed by atoms with Crippen LogP contribution in [-0.4, -0.2) is 31.3 Å². The maximum atomic E-state index is 12.6. The maximum Gasteiger partial charge on any atom is 0.141 e. The van der Waals surface area contributed by atoms with Gasteiger partial charge in [-0.1, -0.05) is 60.7 Å². The van der Waals surface area contributed by atoms with Crippen LogP contribution in [0.25, 0.3) is 0 Å². The van der Waals surface area contributed by atoms with Crippen LogP contribution in [0.3, 0.4) is 0 Å². The van der Waals surface area contributed by atoms with Crippen LogP contribution in [0.4, 0.5) is 0 Å². The van der Waals surface area contributed by atoms with Crippen molar-refractivity contribution in [1.82, 2.24) is 4.90 Å². The minimum atomic E-state index is -0.0476. The molecule has 0 saturated heterocycles. The third kappa shape index (κ3) is 5.63. The Labute approximate surface area is 139 Å². The summed E-state index contributed by atoms with van der Waals surface area (Å²) in [5.74, 6) is 0.271. The van der Waals surface area contributed by atoms with Gasteiger partial charge in [0.2, 0.25) is 0 Å². The fourth-order valence-corrected chi connectivity index (χ4v) is 2.46. The number of ketones is 1. The Morgan fingerprint density at radius 1 is 0.955 bits per heavy atom. The van der Waals surface area contributed by atoms with E-state index in [1.807, 2.05) is 50.5 Å². The number of nitrogens with zero attached hydrogens (tertiary/aromatic N) is 1. The lowest BCUT2D eigenvalue weighted by atomic mass is 9.87. The smallest absolute Gasteiger partial charge is 0.141 e. The van der Waals surface area contributed by atoms with Crippen LogP contribution in [0, 0.1) is 0 Å². The van der Waals surface area contributed by atoms with E-state index < -0.39 is 0 Å². The average molecular weight is 318 g/mol. The molecule has 0 aliphatic heterocycles. The van der Waals surface area contributed by atoms with Gasteiger partial charge in [0.1, 0.15) is 5.78 Å². The number of rotatable bonds is 7. The van der Waals surface area contributed by atoms with Crippen LogP contribution in [0.5, 0.6) is 0 Å². The topological polar surface area (TPSA) is 20.3 Å². The van der Waals surface area contributed by atoms with Gasteiger partial charge in [0, 0.05) is 18.9 Å². The summed E-state index contributed by atoms with van der Waals surface area (Å²) in [6, 6.07) is 20.4. The predicted molar refractivity (Wildman–Crippen MR) is 94.8 cm³/mol. The third-order valence-corrected chi connectivity index (χ3v) is 3.68. The highest BCUT2D eigenvalue weighted by Crippen LogP contribution is 2.23. The first kappa shape index (κ1) is 18.4. The van der Waals surface area contributed by atoms with Gasteiger partial charge in [-0.15, -0.1) is 12.4 Å². The Hall–Kier alpha value is -1.64. The van der Waals surface area contributed by atoms with Gasteiger partial charge in [-0.3, -0.25) is 4.79 Å². The van der Waals surface area contributed by atoms with E-state index in [1.54, 1.807) is 0 Å².